The Bertz CT molecular complexity index is 547. The Morgan fingerprint density at radius 2 is 2.25 bits per heavy atom. The molecule has 0 amide bonds. The molecule has 2 aromatic rings. The van der Waals surface area contributed by atoms with Crippen molar-refractivity contribution in [2.75, 3.05) is 17.6 Å². The Kier molecular flexibility index (Phi) is 4.70. The SMILES string of the molecule is CCc1cnc(N)nc1NC[C@@H](C)Oc1cccnc1. The second-order valence-corrected chi connectivity index (χ2v) is 4.45. The molecule has 0 unspecified atom stereocenters. The molecule has 6 heteroatoms. The van der Waals surface area contributed by atoms with Crippen LogP contribution in [0.2, 0.25) is 0 Å². The molecule has 0 fully saturated rings. The van der Waals surface area contributed by atoms with Crippen LogP contribution in [0.15, 0.2) is 30.7 Å². The summed E-state index contributed by atoms with van der Waals surface area (Å²) in [5.41, 5.74) is 6.65. The number of nitrogens with one attached hydrogen (secondary N) is 1. The molecule has 106 valence electrons. The van der Waals surface area contributed by atoms with E-state index in [1.807, 2.05) is 19.1 Å². The molecule has 0 aliphatic heterocycles. The summed E-state index contributed by atoms with van der Waals surface area (Å²) in [5, 5.41) is 3.25. The highest BCUT2D eigenvalue weighted by molar-refractivity contribution is 5.46. The van der Waals surface area contributed by atoms with E-state index in [2.05, 4.69) is 27.2 Å². The average Bonchev–Trinajstić information content (AvgIpc) is 2.46. The summed E-state index contributed by atoms with van der Waals surface area (Å²) < 4.78 is 5.74. The molecule has 0 aliphatic rings. The summed E-state index contributed by atoms with van der Waals surface area (Å²) in [6.45, 7) is 4.66. The van der Waals surface area contributed by atoms with Gasteiger partial charge in [0.15, 0.2) is 0 Å². The summed E-state index contributed by atoms with van der Waals surface area (Å²) in [5.74, 6) is 1.78. The minimum Gasteiger partial charge on any atom is -0.487 e. The van der Waals surface area contributed by atoms with E-state index in [-0.39, 0.29) is 12.1 Å². The molecule has 0 spiro atoms. The molecule has 2 heterocycles. The van der Waals surface area contributed by atoms with Gasteiger partial charge in [-0.3, -0.25) is 4.98 Å². The third kappa shape index (κ3) is 3.81. The topological polar surface area (TPSA) is 86.0 Å². The molecule has 0 bridgehead atoms. The summed E-state index contributed by atoms with van der Waals surface area (Å²) in [7, 11) is 0. The predicted octanol–water partition coefficient (Wildman–Crippen LogP) is 1.90. The number of aryl methyl sites for hydroxylation is 1. The Hall–Kier alpha value is -2.37. The van der Waals surface area contributed by atoms with Crippen LogP contribution in [-0.2, 0) is 6.42 Å². The van der Waals surface area contributed by atoms with Crippen LogP contribution >= 0.6 is 0 Å². The van der Waals surface area contributed by atoms with Gasteiger partial charge in [0.2, 0.25) is 5.95 Å². The molecule has 2 aromatic heterocycles. The summed E-state index contributed by atoms with van der Waals surface area (Å²) in [6, 6.07) is 3.72. The predicted molar refractivity (Wildman–Crippen MR) is 78.6 cm³/mol. The van der Waals surface area contributed by atoms with Gasteiger partial charge >= 0.3 is 0 Å². The lowest BCUT2D eigenvalue weighted by Gasteiger charge is -2.16. The maximum absolute atomic E-state index is 5.74. The molecule has 3 N–H and O–H groups in total. The van der Waals surface area contributed by atoms with Crippen LogP contribution in [0.3, 0.4) is 0 Å². The highest BCUT2D eigenvalue weighted by Crippen LogP contribution is 2.14. The smallest absolute Gasteiger partial charge is 0.221 e. The standard InChI is InChI=1S/C14H19N5O/c1-3-11-8-18-14(15)19-13(11)17-7-10(2)20-12-5-4-6-16-9-12/h4-6,8-10H,3,7H2,1-2H3,(H3,15,17,18,19)/t10-/m1/s1. The second kappa shape index (κ2) is 6.70. The molecule has 2 rings (SSSR count). The van der Waals surface area contributed by atoms with Crippen molar-refractivity contribution in [3.05, 3.63) is 36.3 Å². The number of pyridine rings is 1. The van der Waals surface area contributed by atoms with E-state index in [0.29, 0.717) is 6.54 Å². The zero-order valence-electron chi connectivity index (χ0n) is 11.7. The quantitative estimate of drug-likeness (QED) is 0.836. The minimum atomic E-state index is -0.0138. The van der Waals surface area contributed by atoms with Gasteiger partial charge in [0.25, 0.3) is 0 Å². The number of anilines is 2. The number of nitrogens with zero attached hydrogens (tertiary/aromatic N) is 3. The van der Waals surface area contributed by atoms with Crippen molar-refractivity contribution in [2.45, 2.75) is 26.4 Å². The van der Waals surface area contributed by atoms with Gasteiger partial charge in [0.1, 0.15) is 17.7 Å². The van der Waals surface area contributed by atoms with Crippen LogP contribution in [0.1, 0.15) is 19.4 Å². The van der Waals surface area contributed by atoms with E-state index >= 15 is 0 Å². The molecule has 0 radical (unpaired) electrons. The fraction of sp³-hybridized carbons (Fsp3) is 0.357. The van der Waals surface area contributed by atoms with Crippen molar-refractivity contribution >= 4 is 11.8 Å². The molecular weight excluding hydrogens is 254 g/mol. The van der Waals surface area contributed by atoms with Crippen LogP contribution in [0.5, 0.6) is 5.75 Å². The zero-order chi connectivity index (χ0) is 14.4. The van der Waals surface area contributed by atoms with Crippen molar-refractivity contribution in [2.24, 2.45) is 0 Å². The summed E-state index contributed by atoms with van der Waals surface area (Å²) in [4.78, 5) is 12.2. The number of nitrogen functional groups attached to an aromatic ring is 1. The van der Waals surface area contributed by atoms with Gasteiger partial charge in [-0.25, -0.2) is 4.98 Å². The zero-order valence-corrected chi connectivity index (χ0v) is 11.7. The van der Waals surface area contributed by atoms with Crippen LogP contribution < -0.4 is 15.8 Å². The summed E-state index contributed by atoms with van der Waals surface area (Å²) >= 11 is 0. The van der Waals surface area contributed by atoms with Crippen molar-refractivity contribution in [1.29, 1.82) is 0 Å². The van der Waals surface area contributed by atoms with E-state index in [1.54, 1.807) is 18.6 Å². The van der Waals surface area contributed by atoms with Gasteiger partial charge in [0.05, 0.1) is 12.7 Å². The van der Waals surface area contributed by atoms with Gasteiger partial charge in [-0.2, -0.15) is 4.98 Å². The van der Waals surface area contributed by atoms with E-state index in [9.17, 15) is 0 Å². The fourth-order valence-corrected chi connectivity index (χ4v) is 1.76. The van der Waals surface area contributed by atoms with Crippen molar-refractivity contribution in [3.63, 3.8) is 0 Å². The van der Waals surface area contributed by atoms with Crippen LogP contribution in [0.25, 0.3) is 0 Å². The van der Waals surface area contributed by atoms with Crippen LogP contribution in [-0.4, -0.2) is 27.6 Å². The first kappa shape index (κ1) is 14.0. The molecule has 0 aromatic carbocycles. The van der Waals surface area contributed by atoms with Gasteiger partial charge in [-0.15, -0.1) is 0 Å². The first-order chi connectivity index (χ1) is 9.69. The van der Waals surface area contributed by atoms with Gasteiger partial charge in [-0.05, 0) is 25.5 Å². The van der Waals surface area contributed by atoms with Gasteiger partial charge < -0.3 is 15.8 Å². The van der Waals surface area contributed by atoms with E-state index in [4.69, 9.17) is 10.5 Å². The number of hydrogen-bond donors (Lipinski definition) is 2. The average molecular weight is 273 g/mol. The first-order valence-electron chi connectivity index (χ1n) is 6.61. The minimum absolute atomic E-state index is 0.0138. The van der Waals surface area contributed by atoms with E-state index < -0.39 is 0 Å². The molecule has 0 saturated heterocycles. The molecule has 20 heavy (non-hydrogen) atoms. The number of hydrogen-bond acceptors (Lipinski definition) is 6. The Morgan fingerprint density at radius 3 is 2.95 bits per heavy atom. The van der Waals surface area contributed by atoms with Gasteiger partial charge in [0, 0.05) is 18.0 Å². The maximum Gasteiger partial charge on any atom is 0.221 e. The number of nitrogens with two attached hydrogens (primary N) is 1. The lowest BCUT2D eigenvalue weighted by atomic mass is 10.2. The fourth-order valence-electron chi connectivity index (χ4n) is 1.76. The highest BCUT2D eigenvalue weighted by atomic mass is 16.5. The molecule has 6 nitrogen and oxygen atoms in total. The van der Waals surface area contributed by atoms with Crippen molar-refractivity contribution < 1.29 is 4.74 Å². The molecule has 1 atom stereocenters. The largest absolute Gasteiger partial charge is 0.487 e. The van der Waals surface area contributed by atoms with Crippen molar-refractivity contribution in [3.8, 4) is 5.75 Å². The Balaban J connectivity index is 1.93. The number of rotatable bonds is 6. The Morgan fingerprint density at radius 1 is 1.40 bits per heavy atom. The highest BCUT2D eigenvalue weighted by Gasteiger charge is 2.08. The summed E-state index contributed by atoms with van der Waals surface area (Å²) in [6.07, 6.45) is 5.99. The molecule has 0 aliphatic carbocycles. The third-order valence-corrected chi connectivity index (χ3v) is 2.79. The lowest BCUT2D eigenvalue weighted by Crippen LogP contribution is -2.23. The number of ether oxygens (including phenoxy) is 1. The maximum atomic E-state index is 5.74. The normalized spacial score (nSPS) is 11.9. The molecule has 0 saturated carbocycles. The molecular formula is C14H19N5O. The van der Waals surface area contributed by atoms with Crippen LogP contribution in [0, 0.1) is 0 Å². The number of aromatic nitrogens is 3. The first-order valence-corrected chi connectivity index (χ1v) is 6.61. The van der Waals surface area contributed by atoms with E-state index in [1.165, 1.54) is 0 Å². The van der Waals surface area contributed by atoms with Crippen LogP contribution in [0.4, 0.5) is 11.8 Å². The van der Waals surface area contributed by atoms with Crippen molar-refractivity contribution in [1.82, 2.24) is 15.0 Å². The van der Waals surface area contributed by atoms with Gasteiger partial charge in [-0.1, -0.05) is 6.92 Å². The monoisotopic (exact) mass is 273 g/mol. The van der Waals surface area contributed by atoms with E-state index in [0.717, 1.165) is 23.6 Å². The third-order valence-electron chi connectivity index (χ3n) is 2.79. The lowest BCUT2D eigenvalue weighted by molar-refractivity contribution is 0.233. The Labute approximate surface area is 118 Å². The second-order valence-electron chi connectivity index (χ2n) is 4.45.